The smallest absolute Gasteiger partial charge is 0.250 e. The number of pyridine rings is 1. The van der Waals surface area contributed by atoms with Crippen molar-refractivity contribution in [1.82, 2.24) is 4.57 Å². The third kappa shape index (κ3) is 3.28. The van der Waals surface area contributed by atoms with Gasteiger partial charge in [0.15, 0.2) is 0 Å². The fourth-order valence-electron chi connectivity index (χ4n) is 1.90. The molecule has 1 N–H and O–H groups in total. The number of methoxy groups -OCH3 is 1. The van der Waals surface area contributed by atoms with Crippen molar-refractivity contribution in [3.8, 4) is 17.6 Å². The third-order valence-electron chi connectivity index (χ3n) is 2.83. The van der Waals surface area contributed by atoms with Crippen LogP contribution in [0.5, 0.6) is 5.75 Å². The van der Waals surface area contributed by atoms with Crippen molar-refractivity contribution in [3.05, 3.63) is 64.1 Å². The summed E-state index contributed by atoms with van der Waals surface area (Å²) in [7, 11) is 1.59. The molecule has 4 nitrogen and oxygen atoms in total. The molecule has 0 atom stereocenters. The fourth-order valence-corrected chi connectivity index (χ4v) is 1.90. The van der Waals surface area contributed by atoms with Gasteiger partial charge in [0.25, 0.3) is 5.56 Å². The number of rotatable bonds is 3. The van der Waals surface area contributed by atoms with Crippen LogP contribution < -0.4 is 10.3 Å². The van der Waals surface area contributed by atoms with Crippen LogP contribution in [-0.2, 0) is 6.54 Å². The van der Waals surface area contributed by atoms with Gasteiger partial charge < -0.3 is 14.4 Å². The van der Waals surface area contributed by atoms with E-state index in [1.165, 1.54) is 6.07 Å². The van der Waals surface area contributed by atoms with Crippen molar-refractivity contribution in [2.75, 3.05) is 13.7 Å². The molecule has 1 aromatic heterocycles. The Hall–Kier alpha value is -2.51. The van der Waals surface area contributed by atoms with Crippen LogP contribution in [-0.4, -0.2) is 23.4 Å². The third-order valence-corrected chi connectivity index (χ3v) is 2.83. The van der Waals surface area contributed by atoms with E-state index >= 15 is 0 Å². The second-order valence-electron chi connectivity index (χ2n) is 4.15. The molecular formula is C16H15NO3. The highest BCUT2D eigenvalue weighted by atomic mass is 16.5. The molecule has 0 radical (unpaired) electrons. The molecule has 20 heavy (non-hydrogen) atoms. The van der Waals surface area contributed by atoms with Gasteiger partial charge >= 0.3 is 0 Å². The van der Waals surface area contributed by atoms with E-state index in [-0.39, 0.29) is 12.2 Å². The van der Waals surface area contributed by atoms with Crippen molar-refractivity contribution in [2.45, 2.75) is 6.54 Å². The van der Waals surface area contributed by atoms with Crippen molar-refractivity contribution in [1.29, 1.82) is 0 Å². The predicted octanol–water partition coefficient (Wildman–Crippen LogP) is 1.25. The van der Waals surface area contributed by atoms with Gasteiger partial charge in [0.1, 0.15) is 12.4 Å². The Morgan fingerprint density at radius 1 is 1.30 bits per heavy atom. The number of benzene rings is 1. The van der Waals surface area contributed by atoms with Crippen LogP contribution in [0.1, 0.15) is 11.1 Å². The molecule has 0 aliphatic heterocycles. The molecule has 0 fully saturated rings. The Bertz CT molecular complexity index is 707. The second kappa shape index (κ2) is 6.60. The van der Waals surface area contributed by atoms with Gasteiger partial charge in [-0.1, -0.05) is 17.9 Å². The lowest BCUT2D eigenvalue weighted by molar-refractivity contribution is 0.350. The van der Waals surface area contributed by atoms with E-state index in [9.17, 15) is 4.79 Å². The Morgan fingerprint density at radius 3 is 2.85 bits per heavy atom. The van der Waals surface area contributed by atoms with E-state index in [2.05, 4.69) is 11.8 Å². The molecule has 2 rings (SSSR count). The quantitative estimate of drug-likeness (QED) is 0.853. The van der Waals surface area contributed by atoms with Crippen LogP contribution in [0.4, 0.5) is 0 Å². The first-order valence-corrected chi connectivity index (χ1v) is 6.16. The molecule has 2 aromatic rings. The Labute approximate surface area is 117 Å². The van der Waals surface area contributed by atoms with Crippen molar-refractivity contribution >= 4 is 0 Å². The van der Waals surface area contributed by atoms with Crippen LogP contribution in [0.2, 0.25) is 0 Å². The average molecular weight is 269 g/mol. The van der Waals surface area contributed by atoms with Gasteiger partial charge in [-0.3, -0.25) is 4.79 Å². The second-order valence-corrected chi connectivity index (χ2v) is 4.15. The van der Waals surface area contributed by atoms with Crippen LogP contribution in [0.3, 0.4) is 0 Å². The fraction of sp³-hybridized carbons (Fsp3) is 0.188. The van der Waals surface area contributed by atoms with Crippen LogP contribution in [0.25, 0.3) is 0 Å². The maximum Gasteiger partial charge on any atom is 0.250 e. The monoisotopic (exact) mass is 269 g/mol. The van der Waals surface area contributed by atoms with E-state index in [0.29, 0.717) is 12.3 Å². The molecular weight excluding hydrogens is 254 g/mol. The number of hydrogen-bond donors (Lipinski definition) is 1. The lowest BCUT2D eigenvalue weighted by Crippen LogP contribution is -2.18. The Kier molecular flexibility index (Phi) is 4.59. The maximum atomic E-state index is 11.7. The predicted molar refractivity (Wildman–Crippen MR) is 76.8 cm³/mol. The summed E-state index contributed by atoms with van der Waals surface area (Å²) in [6.45, 7) is 0.233. The summed E-state index contributed by atoms with van der Waals surface area (Å²) in [6.07, 6.45) is 1.73. The zero-order valence-electron chi connectivity index (χ0n) is 11.2. The summed E-state index contributed by atoms with van der Waals surface area (Å²) in [5.41, 5.74) is 1.57. The molecule has 0 bridgehead atoms. The first-order chi connectivity index (χ1) is 9.74. The maximum absolute atomic E-state index is 11.7. The molecule has 0 unspecified atom stereocenters. The first-order valence-electron chi connectivity index (χ1n) is 6.16. The first kappa shape index (κ1) is 13.9. The number of ether oxygens (including phenoxy) is 1. The van der Waals surface area contributed by atoms with Gasteiger partial charge in [0, 0.05) is 23.4 Å². The lowest BCUT2D eigenvalue weighted by Gasteiger charge is -2.10. The molecule has 0 spiro atoms. The average Bonchev–Trinajstić information content (AvgIpc) is 2.48. The highest BCUT2D eigenvalue weighted by molar-refractivity contribution is 5.44. The SMILES string of the molecule is COc1ccc(C#CCO)cc1Cn1ccccc1=O. The number of aliphatic hydroxyl groups is 1. The van der Waals surface area contributed by atoms with Gasteiger partial charge in [-0.05, 0) is 24.3 Å². The van der Waals surface area contributed by atoms with Crippen molar-refractivity contribution in [2.24, 2.45) is 0 Å². The molecule has 1 aromatic carbocycles. The van der Waals surface area contributed by atoms with Gasteiger partial charge in [-0.2, -0.15) is 0 Å². The van der Waals surface area contributed by atoms with E-state index in [1.54, 1.807) is 23.9 Å². The summed E-state index contributed by atoms with van der Waals surface area (Å²) >= 11 is 0. The van der Waals surface area contributed by atoms with Crippen LogP contribution in [0, 0.1) is 11.8 Å². The van der Waals surface area contributed by atoms with Gasteiger partial charge in [-0.25, -0.2) is 0 Å². The zero-order chi connectivity index (χ0) is 14.4. The normalized spacial score (nSPS) is 9.70. The summed E-state index contributed by atoms with van der Waals surface area (Å²) in [6, 6.07) is 10.5. The highest BCUT2D eigenvalue weighted by Crippen LogP contribution is 2.20. The van der Waals surface area contributed by atoms with E-state index < -0.39 is 0 Å². The van der Waals surface area contributed by atoms with Crippen LogP contribution >= 0.6 is 0 Å². The zero-order valence-corrected chi connectivity index (χ0v) is 11.2. The number of hydrogen-bond acceptors (Lipinski definition) is 3. The van der Waals surface area contributed by atoms with E-state index in [0.717, 1.165) is 11.1 Å². The van der Waals surface area contributed by atoms with E-state index in [4.69, 9.17) is 9.84 Å². The molecule has 0 aliphatic rings. The Morgan fingerprint density at radius 2 is 2.15 bits per heavy atom. The summed E-state index contributed by atoms with van der Waals surface area (Å²) in [4.78, 5) is 11.7. The summed E-state index contributed by atoms with van der Waals surface area (Å²) in [5.74, 6) is 6.15. The number of aromatic nitrogens is 1. The minimum absolute atomic E-state index is 0.0681. The molecule has 0 saturated carbocycles. The summed E-state index contributed by atoms with van der Waals surface area (Å²) in [5, 5.41) is 8.73. The van der Waals surface area contributed by atoms with Gasteiger partial charge in [-0.15, -0.1) is 0 Å². The van der Waals surface area contributed by atoms with Crippen molar-refractivity contribution < 1.29 is 9.84 Å². The standard InChI is InChI=1S/C16H15NO3/c1-20-15-8-7-13(5-4-10-18)11-14(15)12-17-9-3-2-6-16(17)19/h2-3,6-9,11,18H,10,12H2,1H3. The molecule has 0 saturated heterocycles. The molecule has 4 heteroatoms. The molecule has 102 valence electrons. The van der Waals surface area contributed by atoms with Crippen molar-refractivity contribution in [3.63, 3.8) is 0 Å². The largest absolute Gasteiger partial charge is 0.496 e. The number of nitrogens with zero attached hydrogens (tertiary/aromatic N) is 1. The minimum atomic E-state index is -0.181. The lowest BCUT2D eigenvalue weighted by atomic mass is 10.1. The number of aliphatic hydroxyl groups excluding tert-OH is 1. The van der Waals surface area contributed by atoms with Gasteiger partial charge in [0.2, 0.25) is 0 Å². The molecule has 0 aliphatic carbocycles. The Balaban J connectivity index is 2.38. The highest BCUT2D eigenvalue weighted by Gasteiger charge is 2.05. The topological polar surface area (TPSA) is 51.5 Å². The minimum Gasteiger partial charge on any atom is -0.496 e. The van der Waals surface area contributed by atoms with E-state index in [1.807, 2.05) is 24.3 Å². The molecule has 0 amide bonds. The molecule has 1 heterocycles. The summed E-state index contributed by atoms with van der Waals surface area (Å²) < 4.78 is 6.90. The van der Waals surface area contributed by atoms with Crippen LogP contribution in [0.15, 0.2) is 47.4 Å². The van der Waals surface area contributed by atoms with Gasteiger partial charge in [0.05, 0.1) is 13.7 Å².